The van der Waals surface area contributed by atoms with Crippen molar-refractivity contribution in [1.29, 1.82) is 0 Å². The lowest BCUT2D eigenvalue weighted by Crippen LogP contribution is -2.45. The van der Waals surface area contributed by atoms with Crippen molar-refractivity contribution in [3.63, 3.8) is 0 Å². The van der Waals surface area contributed by atoms with E-state index in [4.69, 9.17) is 5.73 Å². The molecule has 100 valence electrons. The predicted molar refractivity (Wildman–Crippen MR) is 73.0 cm³/mol. The molecule has 1 amide bonds. The number of hydrogen-bond donors (Lipinski definition) is 2. The molecule has 0 saturated heterocycles. The second kappa shape index (κ2) is 7.11. The van der Waals surface area contributed by atoms with Crippen molar-refractivity contribution in [2.45, 2.75) is 33.1 Å². The first-order valence-electron chi connectivity index (χ1n) is 6.55. The molecule has 0 aliphatic heterocycles. The first kappa shape index (κ1) is 14.6. The Balaban J connectivity index is 2.46. The molecule has 1 aromatic rings. The Bertz CT molecular complexity index is 352. The van der Waals surface area contributed by atoms with Crippen LogP contribution in [0.2, 0.25) is 0 Å². The third-order valence-corrected chi connectivity index (χ3v) is 3.67. The maximum atomic E-state index is 12.1. The van der Waals surface area contributed by atoms with Crippen LogP contribution in [0, 0.1) is 5.41 Å². The van der Waals surface area contributed by atoms with Gasteiger partial charge in [-0.2, -0.15) is 0 Å². The molecule has 1 heterocycles. The highest BCUT2D eigenvalue weighted by Gasteiger charge is 2.32. The van der Waals surface area contributed by atoms with Crippen LogP contribution in [0.15, 0.2) is 24.5 Å². The summed E-state index contributed by atoms with van der Waals surface area (Å²) in [5.41, 5.74) is 6.52. The average molecular weight is 249 g/mol. The van der Waals surface area contributed by atoms with E-state index in [2.05, 4.69) is 10.3 Å². The number of hydrogen-bond acceptors (Lipinski definition) is 3. The molecule has 0 aliphatic rings. The van der Waals surface area contributed by atoms with E-state index in [1.165, 1.54) is 5.56 Å². The molecular weight excluding hydrogens is 226 g/mol. The van der Waals surface area contributed by atoms with Crippen LogP contribution in [0.5, 0.6) is 0 Å². The Morgan fingerprint density at radius 1 is 1.33 bits per heavy atom. The average Bonchev–Trinajstić information content (AvgIpc) is 2.42. The zero-order valence-corrected chi connectivity index (χ0v) is 11.3. The summed E-state index contributed by atoms with van der Waals surface area (Å²) in [6, 6.07) is 3.92. The molecule has 3 N–H and O–H groups in total. The minimum atomic E-state index is -0.405. The fourth-order valence-electron chi connectivity index (χ4n) is 2.01. The smallest absolute Gasteiger partial charge is 0.227 e. The molecule has 0 saturated carbocycles. The first-order valence-corrected chi connectivity index (χ1v) is 6.55. The summed E-state index contributed by atoms with van der Waals surface area (Å²) in [5, 5.41) is 2.99. The quantitative estimate of drug-likeness (QED) is 0.769. The van der Waals surface area contributed by atoms with Gasteiger partial charge >= 0.3 is 0 Å². The van der Waals surface area contributed by atoms with Gasteiger partial charge in [0.2, 0.25) is 5.91 Å². The van der Waals surface area contributed by atoms with Crippen molar-refractivity contribution in [2.75, 3.05) is 13.1 Å². The minimum absolute atomic E-state index is 0.0732. The van der Waals surface area contributed by atoms with Gasteiger partial charge in [0, 0.05) is 25.5 Å². The van der Waals surface area contributed by atoms with Crippen LogP contribution >= 0.6 is 0 Å². The van der Waals surface area contributed by atoms with E-state index in [0.29, 0.717) is 13.1 Å². The van der Waals surface area contributed by atoms with Gasteiger partial charge in [-0.05, 0) is 37.0 Å². The Morgan fingerprint density at radius 3 is 2.44 bits per heavy atom. The lowest BCUT2D eigenvalue weighted by Gasteiger charge is -2.28. The molecule has 4 heteroatoms. The third kappa shape index (κ3) is 3.53. The lowest BCUT2D eigenvalue weighted by molar-refractivity contribution is -0.131. The second-order valence-electron chi connectivity index (χ2n) is 4.55. The molecule has 0 aliphatic carbocycles. The van der Waals surface area contributed by atoms with Crippen LogP contribution in [0.3, 0.4) is 0 Å². The van der Waals surface area contributed by atoms with Crippen molar-refractivity contribution in [3.05, 3.63) is 30.1 Å². The molecule has 1 aromatic heterocycles. The van der Waals surface area contributed by atoms with Crippen molar-refractivity contribution >= 4 is 5.91 Å². The normalized spacial score (nSPS) is 11.3. The lowest BCUT2D eigenvalue weighted by atomic mass is 9.81. The number of nitrogens with one attached hydrogen (secondary N) is 1. The summed E-state index contributed by atoms with van der Waals surface area (Å²) in [6.07, 6.45) is 5.91. The zero-order chi connectivity index (χ0) is 13.4. The van der Waals surface area contributed by atoms with Crippen LogP contribution in [0.4, 0.5) is 0 Å². The van der Waals surface area contributed by atoms with Crippen LogP contribution in [0.25, 0.3) is 0 Å². The molecule has 1 rings (SSSR count). The Morgan fingerprint density at radius 2 is 1.94 bits per heavy atom. The highest BCUT2D eigenvalue weighted by atomic mass is 16.2. The first-order chi connectivity index (χ1) is 8.68. The molecule has 4 nitrogen and oxygen atoms in total. The third-order valence-electron chi connectivity index (χ3n) is 3.67. The molecule has 18 heavy (non-hydrogen) atoms. The number of aromatic nitrogens is 1. The Labute approximate surface area is 109 Å². The van der Waals surface area contributed by atoms with Crippen molar-refractivity contribution in [2.24, 2.45) is 11.1 Å². The zero-order valence-electron chi connectivity index (χ0n) is 11.3. The predicted octanol–water partition coefficient (Wildman–Crippen LogP) is 1.51. The monoisotopic (exact) mass is 249 g/mol. The fourth-order valence-corrected chi connectivity index (χ4v) is 2.01. The van der Waals surface area contributed by atoms with Crippen molar-refractivity contribution in [1.82, 2.24) is 10.3 Å². The number of amides is 1. The number of rotatable bonds is 7. The Hall–Kier alpha value is -1.42. The highest BCUT2D eigenvalue weighted by Crippen LogP contribution is 2.24. The summed E-state index contributed by atoms with van der Waals surface area (Å²) >= 11 is 0. The molecule has 0 radical (unpaired) electrons. The standard InChI is InChI=1S/C14H23N3O/c1-3-14(4-2,11-15)13(18)17-10-7-12-5-8-16-9-6-12/h5-6,8-9H,3-4,7,10-11,15H2,1-2H3,(H,17,18). The topological polar surface area (TPSA) is 68.0 Å². The van der Waals surface area contributed by atoms with E-state index >= 15 is 0 Å². The van der Waals surface area contributed by atoms with Gasteiger partial charge in [0.1, 0.15) is 0 Å². The molecule has 0 spiro atoms. The van der Waals surface area contributed by atoms with Crippen LogP contribution in [-0.2, 0) is 11.2 Å². The van der Waals surface area contributed by atoms with E-state index in [1.807, 2.05) is 26.0 Å². The van der Waals surface area contributed by atoms with E-state index in [9.17, 15) is 4.79 Å². The van der Waals surface area contributed by atoms with Gasteiger partial charge in [-0.15, -0.1) is 0 Å². The minimum Gasteiger partial charge on any atom is -0.355 e. The maximum absolute atomic E-state index is 12.1. The molecule has 0 aromatic carbocycles. The van der Waals surface area contributed by atoms with E-state index in [-0.39, 0.29) is 5.91 Å². The molecule has 0 fully saturated rings. The van der Waals surface area contributed by atoms with E-state index in [1.54, 1.807) is 12.4 Å². The van der Waals surface area contributed by atoms with Gasteiger partial charge in [-0.3, -0.25) is 9.78 Å². The van der Waals surface area contributed by atoms with Gasteiger partial charge in [0.25, 0.3) is 0 Å². The van der Waals surface area contributed by atoms with E-state index < -0.39 is 5.41 Å². The largest absolute Gasteiger partial charge is 0.355 e. The number of nitrogens with two attached hydrogens (primary N) is 1. The molecule has 0 unspecified atom stereocenters. The summed E-state index contributed by atoms with van der Waals surface area (Å²) in [5.74, 6) is 0.0732. The van der Waals surface area contributed by atoms with Crippen LogP contribution < -0.4 is 11.1 Å². The Kier molecular flexibility index (Phi) is 5.78. The number of nitrogens with zero attached hydrogens (tertiary/aromatic N) is 1. The molecular formula is C14H23N3O. The van der Waals surface area contributed by atoms with Gasteiger partial charge in [0.05, 0.1) is 5.41 Å². The van der Waals surface area contributed by atoms with E-state index in [0.717, 1.165) is 19.3 Å². The van der Waals surface area contributed by atoms with Crippen LogP contribution in [-0.4, -0.2) is 24.0 Å². The van der Waals surface area contributed by atoms with Gasteiger partial charge in [0.15, 0.2) is 0 Å². The number of carbonyl (C=O) groups excluding carboxylic acids is 1. The number of carbonyl (C=O) groups is 1. The highest BCUT2D eigenvalue weighted by molar-refractivity contribution is 5.82. The second-order valence-corrected chi connectivity index (χ2v) is 4.55. The summed E-state index contributed by atoms with van der Waals surface area (Å²) in [4.78, 5) is 16.1. The van der Waals surface area contributed by atoms with Gasteiger partial charge in [-0.1, -0.05) is 13.8 Å². The molecule has 0 bridgehead atoms. The summed E-state index contributed by atoms with van der Waals surface area (Å²) in [7, 11) is 0. The fraction of sp³-hybridized carbons (Fsp3) is 0.571. The van der Waals surface area contributed by atoms with Gasteiger partial charge < -0.3 is 11.1 Å². The summed E-state index contributed by atoms with van der Waals surface area (Å²) < 4.78 is 0. The molecule has 0 atom stereocenters. The van der Waals surface area contributed by atoms with Crippen LogP contribution in [0.1, 0.15) is 32.3 Å². The maximum Gasteiger partial charge on any atom is 0.227 e. The van der Waals surface area contributed by atoms with Gasteiger partial charge in [-0.25, -0.2) is 0 Å². The van der Waals surface area contributed by atoms with Crippen molar-refractivity contribution < 1.29 is 4.79 Å². The summed E-state index contributed by atoms with van der Waals surface area (Å²) in [6.45, 7) is 5.07. The van der Waals surface area contributed by atoms with Crippen molar-refractivity contribution in [3.8, 4) is 0 Å². The SMILES string of the molecule is CCC(CC)(CN)C(=O)NCCc1ccncc1. The number of pyridine rings is 1.